The first-order chi connectivity index (χ1) is 8.84. The second kappa shape index (κ2) is 4.64. The Labute approximate surface area is 106 Å². The van der Waals surface area contributed by atoms with Crippen molar-refractivity contribution in [2.75, 3.05) is 13.1 Å². The molecule has 0 amide bonds. The van der Waals surface area contributed by atoms with Crippen molar-refractivity contribution >= 4 is 5.84 Å². The van der Waals surface area contributed by atoms with Gasteiger partial charge in [0, 0.05) is 24.7 Å². The molecule has 4 heteroatoms. The molecule has 1 aliphatic heterocycles. The maximum absolute atomic E-state index is 4.45. The number of benzene rings is 1. The molecule has 0 saturated carbocycles. The molecular formula is C14H16N4. The third-order valence-electron chi connectivity index (χ3n) is 3.32. The Hall–Kier alpha value is -2.10. The van der Waals surface area contributed by atoms with Crippen LogP contribution in [0.15, 0.2) is 35.5 Å². The van der Waals surface area contributed by atoms with Crippen LogP contribution in [0.25, 0.3) is 11.3 Å². The Morgan fingerprint density at radius 2 is 2.22 bits per heavy atom. The maximum Gasteiger partial charge on any atom is 0.101 e. The summed E-state index contributed by atoms with van der Waals surface area (Å²) in [6.45, 7) is 4.01. The number of hydrogen-bond acceptors (Lipinski definition) is 3. The molecule has 0 saturated heterocycles. The minimum absolute atomic E-state index is 0.879. The number of rotatable bonds is 3. The summed E-state index contributed by atoms with van der Waals surface area (Å²) < 4.78 is 0. The summed E-state index contributed by atoms with van der Waals surface area (Å²) in [5.41, 5.74) is 4.77. The summed E-state index contributed by atoms with van der Waals surface area (Å²) >= 11 is 0. The van der Waals surface area contributed by atoms with E-state index < -0.39 is 0 Å². The van der Waals surface area contributed by atoms with E-state index in [0.29, 0.717) is 0 Å². The normalized spacial score (nSPS) is 14.4. The van der Waals surface area contributed by atoms with E-state index >= 15 is 0 Å². The molecule has 1 aliphatic rings. The smallest absolute Gasteiger partial charge is 0.101 e. The first kappa shape index (κ1) is 11.0. The van der Waals surface area contributed by atoms with E-state index in [0.717, 1.165) is 31.0 Å². The minimum atomic E-state index is 0.879. The van der Waals surface area contributed by atoms with Crippen molar-refractivity contribution in [3.63, 3.8) is 0 Å². The van der Waals surface area contributed by atoms with Gasteiger partial charge >= 0.3 is 0 Å². The molecule has 3 rings (SSSR count). The van der Waals surface area contributed by atoms with Gasteiger partial charge in [-0.3, -0.25) is 10.1 Å². The average Bonchev–Trinajstić information content (AvgIpc) is 3.04. The first-order valence-electron chi connectivity index (χ1n) is 6.20. The van der Waals surface area contributed by atoms with E-state index in [2.05, 4.69) is 45.6 Å². The van der Waals surface area contributed by atoms with Gasteiger partial charge in [0.2, 0.25) is 0 Å². The average molecular weight is 240 g/mol. The summed E-state index contributed by atoms with van der Waals surface area (Å²) in [6, 6.07) is 8.35. The zero-order valence-corrected chi connectivity index (χ0v) is 10.4. The van der Waals surface area contributed by atoms with Crippen molar-refractivity contribution in [3.8, 4) is 11.3 Å². The van der Waals surface area contributed by atoms with Gasteiger partial charge in [-0.15, -0.1) is 0 Å². The Balaban J connectivity index is 1.94. The Bertz CT molecular complexity index is 569. The molecule has 92 valence electrons. The van der Waals surface area contributed by atoms with Crippen LogP contribution in [0, 0.1) is 6.92 Å². The lowest BCUT2D eigenvalue weighted by atomic mass is 9.98. The quantitative estimate of drug-likeness (QED) is 0.861. The van der Waals surface area contributed by atoms with E-state index in [4.69, 9.17) is 0 Å². The second-order valence-electron chi connectivity index (χ2n) is 4.48. The van der Waals surface area contributed by atoms with Crippen molar-refractivity contribution < 1.29 is 0 Å². The lowest BCUT2D eigenvalue weighted by Crippen LogP contribution is -2.20. The van der Waals surface area contributed by atoms with Crippen LogP contribution in [0.5, 0.6) is 0 Å². The largest absolute Gasteiger partial charge is 0.372 e. The molecule has 2 heterocycles. The maximum atomic E-state index is 4.45. The van der Waals surface area contributed by atoms with E-state index in [1.165, 1.54) is 16.7 Å². The lowest BCUT2D eigenvalue weighted by molar-refractivity contribution is 0.953. The number of amidine groups is 1. The monoisotopic (exact) mass is 240 g/mol. The number of aromatic amines is 1. The molecule has 0 unspecified atom stereocenters. The number of nitrogens with one attached hydrogen (secondary N) is 2. The fourth-order valence-electron chi connectivity index (χ4n) is 2.31. The van der Waals surface area contributed by atoms with E-state index in [1.54, 1.807) is 0 Å². The topological polar surface area (TPSA) is 53.1 Å². The van der Waals surface area contributed by atoms with E-state index in [-0.39, 0.29) is 0 Å². The fraction of sp³-hybridized carbons (Fsp3) is 0.286. The van der Waals surface area contributed by atoms with Crippen LogP contribution in [0.4, 0.5) is 0 Å². The van der Waals surface area contributed by atoms with Gasteiger partial charge < -0.3 is 5.32 Å². The van der Waals surface area contributed by atoms with Crippen molar-refractivity contribution in [2.24, 2.45) is 4.99 Å². The Kier molecular flexibility index (Phi) is 2.84. The summed E-state index contributed by atoms with van der Waals surface area (Å²) in [4.78, 5) is 4.45. The third-order valence-corrected chi connectivity index (χ3v) is 3.32. The van der Waals surface area contributed by atoms with Crippen LogP contribution < -0.4 is 5.32 Å². The molecule has 0 spiro atoms. The summed E-state index contributed by atoms with van der Waals surface area (Å²) in [5, 5.41) is 10.4. The van der Waals surface area contributed by atoms with Crippen molar-refractivity contribution in [1.29, 1.82) is 0 Å². The predicted octanol–water partition coefficient (Wildman–Crippen LogP) is 1.93. The highest BCUT2D eigenvalue weighted by Gasteiger charge is 2.11. The number of hydrogen-bond donors (Lipinski definition) is 2. The summed E-state index contributed by atoms with van der Waals surface area (Å²) in [7, 11) is 0. The van der Waals surface area contributed by atoms with Crippen LogP contribution in [0.2, 0.25) is 0 Å². The molecule has 1 aromatic heterocycles. The van der Waals surface area contributed by atoms with Crippen molar-refractivity contribution in [3.05, 3.63) is 41.6 Å². The highest BCUT2D eigenvalue weighted by Crippen LogP contribution is 2.24. The third kappa shape index (κ3) is 2.01. The van der Waals surface area contributed by atoms with Gasteiger partial charge in [-0.25, -0.2) is 0 Å². The van der Waals surface area contributed by atoms with Crippen LogP contribution in [0.1, 0.15) is 11.1 Å². The highest BCUT2D eigenvalue weighted by molar-refractivity contribution is 5.86. The standard InChI is InChI=1S/C14H16N4/c1-10-11(9-14-15-7-8-16-14)3-2-4-12(10)13-5-6-17-18-13/h2-6H,7-9H2,1H3,(H,15,16)(H,17,18). The molecule has 0 aliphatic carbocycles. The zero-order valence-electron chi connectivity index (χ0n) is 10.4. The van der Waals surface area contributed by atoms with Gasteiger partial charge in [0.15, 0.2) is 0 Å². The minimum Gasteiger partial charge on any atom is -0.372 e. The Morgan fingerprint density at radius 1 is 1.28 bits per heavy atom. The zero-order chi connectivity index (χ0) is 12.4. The first-order valence-corrected chi connectivity index (χ1v) is 6.20. The number of aliphatic imine (C=N–C) groups is 1. The summed E-state index contributed by atoms with van der Waals surface area (Å²) in [6.07, 6.45) is 2.73. The molecule has 0 atom stereocenters. The van der Waals surface area contributed by atoms with E-state index in [1.807, 2.05) is 12.3 Å². The molecule has 0 bridgehead atoms. The van der Waals surface area contributed by atoms with Crippen molar-refractivity contribution in [2.45, 2.75) is 13.3 Å². The van der Waals surface area contributed by atoms with Gasteiger partial charge in [-0.2, -0.15) is 5.10 Å². The van der Waals surface area contributed by atoms with Crippen molar-refractivity contribution in [1.82, 2.24) is 15.5 Å². The number of aromatic nitrogens is 2. The molecule has 1 aromatic carbocycles. The van der Waals surface area contributed by atoms with Gasteiger partial charge in [0.1, 0.15) is 5.84 Å². The van der Waals surface area contributed by atoms with Crippen LogP contribution >= 0.6 is 0 Å². The SMILES string of the molecule is Cc1c(CC2=NCCN2)cccc1-c1cc[nH]n1. The van der Waals surface area contributed by atoms with Crippen LogP contribution in [-0.4, -0.2) is 29.1 Å². The molecule has 4 nitrogen and oxygen atoms in total. The highest BCUT2D eigenvalue weighted by atomic mass is 15.1. The summed E-state index contributed by atoms with van der Waals surface area (Å²) in [5.74, 6) is 1.09. The van der Waals surface area contributed by atoms with Gasteiger partial charge in [-0.05, 0) is 24.1 Å². The van der Waals surface area contributed by atoms with Crippen LogP contribution in [0.3, 0.4) is 0 Å². The lowest BCUT2D eigenvalue weighted by Gasteiger charge is -2.10. The molecule has 0 fully saturated rings. The van der Waals surface area contributed by atoms with Gasteiger partial charge in [-0.1, -0.05) is 18.2 Å². The molecule has 18 heavy (non-hydrogen) atoms. The molecule has 2 aromatic rings. The van der Waals surface area contributed by atoms with Gasteiger partial charge in [0.05, 0.1) is 12.2 Å². The molecule has 2 N–H and O–H groups in total. The molecule has 0 radical (unpaired) electrons. The fourth-order valence-corrected chi connectivity index (χ4v) is 2.31. The van der Waals surface area contributed by atoms with Gasteiger partial charge in [0.25, 0.3) is 0 Å². The second-order valence-corrected chi connectivity index (χ2v) is 4.48. The predicted molar refractivity (Wildman–Crippen MR) is 72.8 cm³/mol. The molecular weight excluding hydrogens is 224 g/mol. The number of nitrogens with zero attached hydrogens (tertiary/aromatic N) is 2. The number of H-pyrrole nitrogens is 1. The van der Waals surface area contributed by atoms with Crippen LogP contribution in [-0.2, 0) is 6.42 Å². The van der Waals surface area contributed by atoms with E-state index in [9.17, 15) is 0 Å². The Morgan fingerprint density at radius 3 is 2.94 bits per heavy atom.